The number of nitrogens with zero attached hydrogens (tertiary/aromatic N) is 4. The summed E-state index contributed by atoms with van der Waals surface area (Å²) in [7, 11) is 2.01. The average molecular weight is 415 g/mol. The molecule has 0 radical (unpaired) electrons. The van der Waals surface area contributed by atoms with Crippen LogP contribution in [0.15, 0.2) is 27.8 Å². The summed E-state index contributed by atoms with van der Waals surface area (Å²) in [5.41, 5.74) is 3.66. The van der Waals surface area contributed by atoms with Gasteiger partial charge < -0.3 is 15.1 Å². The van der Waals surface area contributed by atoms with Crippen molar-refractivity contribution in [1.29, 1.82) is 0 Å². The van der Waals surface area contributed by atoms with E-state index in [1.54, 1.807) is 6.26 Å². The Morgan fingerprint density at radius 2 is 2.23 bits per heavy atom. The van der Waals surface area contributed by atoms with Gasteiger partial charge in [-0.05, 0) is 70.8 Å². The van der Waals surface area contributed by atoms with E-state index in [1.165, 1.54) is 30.6 Å². The zero-order valence-corrected chi connectivity index (χ0v) is 19.2. The van der Waals surface area contributed by atoms with Crippen LogP contribution in [0, 0.1) is 13.8 Å². The van der Waals surface area contributed by atoms with Crippen LogP contribution in [0.3, 0.4) is 0 Å². The van der Waals surface area contributed by atoms with Crippen molar-refractivity contribution < 1.29 is 4.42 Å². The molecule has 0 aliphatic carbocycles. The third-order valence-corrected chi connectivity index (χ3v) is 6.16. The molecule has 2 aromatic heterocycles. The Labute approximate surface area is 180 Å². The number of hydrogen-bond acceptors (Lipinski definition) is 4. The molecule has 7 nitrogen and oxygen atoms in total. The molecule has 0 spiro atoms. The van der Waals surface area contributed by atoms with E-state index in [2.05, 4.69) is 48.3 Å². The number of aryl methyl sites for hydroxylation is 2. The smallest absolute Gasteiger partial charge is 0.191 e. The molecule has 2 atom stereocenters. The Morgan fingerprint density at radius 1 is 1.40 bits per heavy atom. The number of aliphatic imine (C=N–C) groups is 1. The first-order valence-corrected chi connectivity index (χ1v) is 11.3. The summed E-state index contributed by atoms with van der Waals surface area (Å²) in [4.78, 5) is 7.49. The maximum Gasteiger partial charge on any atom is 0.191 e. The van der Waals surface area contributed by atoms with Crippen molar-refractivity contribution in [3.05, 3.63) is 41.1 Å². The molecule has 0 amide bonds. The fraction of sp³-hybridized carbons (Fsp3) is 0.652. The Balaban J connectivity index is 1.62. The van der Waals surface area contributed by atoms with Gasteiger partial charge in [0.2, 0.25) is 0 Å². The summed E-state index contributed by atoms with van der Waals surface area (Å²) in [6, 6.07) is 4.76. The van der Waals surface area contributed by atoms with E-state index in [1.807, 2.05) is 23.9 Å². The fourth-order valence-corrected chi connectivity index (χ4v) is 4.33. The Bertz CT molecular complexity index is 810. The van der Waals surface area contributed by atoms with Crippen LogP contribution in [0.2, 0.25) is 0 Å². The number of furan rings is 1. The minimum Gasteiger partial charge on any atom is -0.469 e. The lowest BCUT2D eigenvalue weighted by molar-refractivity contribution is 0.273. The topological polar surface area (TPSA) is 70.6 Å². The standard InChI is InChI=1S/C23H38N6O/c1-6-29-13-7-9-20(29)16-25-23(24-12-11-21-10-8-14-30-21)26-17(2)15-22-18(3)27-28(5)19(22)4/h8,10,14,17,20H,6-7,9,11-13,15-16H2,1-5H3,(H2,24,25,26). The number of nitrogens with one attached hydrogen (secondary N) is 2. The highest BCUT2D eigenvalue weighted by Gasteiger charge is 2.22. The molecule has 1 aliphatic rings. The molecule has 2 aromatic rings. The zero-order chi connectivity index (χ0) is 21.5. The van der Waals surface area contributed by atoms with Crippen molar-refractivity contribution in [1.82, 2.24) is 25.3 Å². The molecular formula is C23H38N6O. The highest BCUT2D eigenvalue weighted by molar-refractivity contribution is 5.80. The first kappa shape index (κ1) is 22.4. The van der Waals surface area contributed by atoms with E-state index in [0.29, 0.717) is 6.04 Å². The molecule has 166 valence electrons. The van der Waals surface area contributed by atoms with Gasteiger partial charge in [0, 0.05) is 37.8 Å². The van der Waals surface area contributed by atoms with E-state index in [-0.39, 0.29) is 6.04 Å². The molecule has 3 heterocycles. The summed E-state index contributed by atoms with van der Waals surface area (Å²) in [5, 5.41) is 11.7. The maximum absolute atomic E-state index is 5.46. The van der Waals surface area contributed by atoms with Gasteiger partial charge in [-0.1, -0.05) is 6.92 Å². The first-order chi connectivity index (χ1) is 14.5. The van der Waals surface area contributed by atoms with Crippen LogP contribution in [0.25, 0.3) is 0 Å². The molecule has 1 aliphatic heterocycles. The van der Waals surface area contributed by atoms with E-state index in [0.717, 1.165) is 49.9 Å². The monoisotopic (exact) mass is 414 g/mol. The molecule has 7 heteroatoms. The number of likely N-dealkylation sites (tertiary alicyclic amines) is 1. The molecule has 0 aromatic carbocycles. The molecule has 30 heavy (non-hydrogen) atoms. The lowest BCUT2D eigenvalue weighted by atomic mass is 10.1. The molecule has 1 fully saturated rings. The van der Waals surface area contributed by atoms with Crippen LogP contribution in [0.5, 0.6) is 0 Å². The third-order valence-electron chi connectivity index (χ3n) is 6.16. The Morgan fingerprint density at radius 3 is 2.90 bits per heavy atom. The van der Waals surface area contributed by atoms with E-state index in [4.69, 9.17) is 9.41 Å². The van der Waals surface area contributed by atoms with Gasteiger partial charge in [0.05, 0.1) is 18.5 Å². The van der Waals surface area contributed by atoms with Crippen molar-refractivity contribution >= 4 is 5.96 Å². The lowest BCUT2D eigenvalue weighted by Crippen LogP contribution is -2.44. The maximum atomic E-state index is 5.46. The van der Waals surface area contributed by atoms with Gasteiger partial charge in [-0.25, -0.2) is 0 Å². The number of aromatic nitrogens is 2. The van der Waals surface area contributed by atoms with Crippen LogP contribution in [0.4, 0.5) is 0 Å². The Kier molecular flexibility index (Phi) is 7.96. The summed E-state index contributed by atoms with van der Waals surface area (Å²) in [5.74, 6) is 1.88. The van der Waals surface area contributed by atoms with Gasteiger partial charge in [0.15, 0.2) is 5.96 Å². The van der Waals surface area contributed by atoms with E-state index in [9.17, 15) is 0 Å². The highest BCUT2D eigenvalue weighted by Crippen LogP contribution is 2.17. The van der Waals surface area contributed by atoms with Gasteiger partial charge in [-0.3, -0.25) is 14.6 Å². The molecule has 2 N–H and O–H groups in total. The van der Waals surface area contributed by atoms with Gasteiger partial charge >= 0.3 is 0 Å². The Hall–Kier alpha value is -2.28. The van der Waals surface area contributed by atoms with Crippen molar-refractivity contribution in [3.8, 4) is 0 Å². The fourth-order valence-electron chi connectivity index (χ4n) is 4.33. The van der Waals surface area contributed by atoms with Crippen molar-refractivity contribution in [3.63, 3.8) is 0 Å². The van der Waals surface area contributed by atoms with Crippen LogP contribution >= 0.6 is 0 Å². The molecule has 3 rings (SSSR count). The van der Waals surface area contributed by atoms with Gasteiger partial charge in [0.1, 0.15) is 5.76 Å². The normalized spacial score (nSPS) is 18.7. The van der Waals surface area contributed by atoms with Gasteiger partial charge in [-0.15, -0.1) is 0 Å². The summed E-state index contributed by atoms with van der Waals surface area (Å²) >= 11 is 0. The summed E-state index contributed by atoms with van der Waals surface area (Å²) in [6.45, 7) is 12.6. The largest absolute Gasteiger partial charge is 0.469 e. The van der Waals surface area contributed by atoms with Crippen LogP contribution in [-0.2, 0) is 19.9 Å². The second-order valence-electron chi connectivity index (χ2n) is 8.39. The van der Waals surface area contributed by atoms with Gasteiger partial charge in [0.25, 0.3) is 0 Å². The molecule has 1 saturated heterocycles. The molecule has 2 unspecified atom stereocenters. The molecular weight excluding hydrogens is 376 g/mol. The van der Waals surface area contributed by atoms with Crippen molar-refractivity contribution in [2.45, 2.75) is 65.5 Å². The van der Waals surface area contributed by atoms with Crippen LogP contribution < -0.4 is 10.6 Å². The predicted molar refractivity (Wildman–Crippen MR) is 122 cm³/mol. The second-order valence-corrected chi connectivity index (χ2v) is 8.39. The van der Waals surface area contributed by atoms with Crippen LogP contribution in [0.1, 0.15) is 49.4 Å². The summed E-state index contributed by atoms with van der Waals surface area (Å²) < 4.78 is 7.42. The number of hydrogen-bond donors (Lipinski definition) is 2. The molecule has 0 saturated carbocycles. The number of rotatable bonds is 9. The van der Waals surface area contributed by atoms with Gasteiger partial charge in [-0.2, -0.15) is 5.10 Å². The first-order valence-electron chi connectivity index (χ1n) is 11.3. The lowest BCUT2D eigenvalue weighted by Gasteiger charge is -2.23. The minimum atomic E-state index is 0.257. The van der Waals surface area contributed by atoms with E-state index < -0.39 is 0 Å². The minimum absolute atomic E-state index is 0.257. The highest BCUT2D eigenvalue weighted by atomic mass is 16.3. The van der Waals surface area contributed by atoms with E-state index >= 15 is 0 Å². The number of likely N-dealkylation sites (N-methyl/N-ethyl adjacent to an activating group) is 1. The average Bonchev–Trinajstić information content (AvgIpc) is 3.44. The number of guanidine groups is 1. The second kappa shape index (κ2) is 10.7. The van der Waals surface area contributed by atoms with Crippen LogP contribution in [-0.4, -0.2) is 58.9 Å². The van der Waals surface area contributed by atoms with Crippen molar-refractivity contribution in [2.75, 3.05) is 26.2 Å². The zero-order valence-electron chi connectivity index (χ0n) is 19.2. The third kappa shape index (κ3) is 5.88. The summed E-state index contributed by atoms with van der Waals surface area (Å²) in [6.07, 6.45) is 6.00. The quantitative estimate of drug-likeness (QED) is 0.488. The van der Waals surface area contributed by atoms with Crippen molar-refractivity contribution in [2.24, 2.45) is 12.0 Å². The SMILES string of the molecule is CCN1CCCC1CN=C(NCCc1ccco1)NC(C)Cc1c(C)nn(C)c1C. The predicted octanol–water partition coefficient (Wildman–Crippen LogP) is 2.82. The molecule has 0 bridgehead atoms.